The summed E-state index contributed by atoms with van der Waals surface area (Å²) in [5, 5.41) is 3.26. The summed E-state index contributed by atoms with van der Waals surface area (Å²) in [5.74, 6) is 0. The summed E-state index contributed by atoms with van der Waals surface area (Å²) in [5.41, 5.74) is 0. The fourth-order valence-electron chi connectivity index (χ4n) is 0.768. The summed E-state index contributed by atoms with van der Waals surface area (Å²) in [7, 11) is 0. The van der Waals surface area contributed by atoms with Gasteiger partial charge in [-0.3, -0.25) is 0 Å². The molecule has 0 aliphatic heterocycles. The largest absolute Gasteiger partial charge is 0.457 e. The van der Waals surface area contributed by atoms with E-state index < -0.39 is 0 Å². The molecule has 0 bridgehead atoms. The molecule has 0 aromatic rings. The molecule has 65 valence electrons. The third kappa shape index (κ3) is 9.43. The molecule has 0 saturated carbocycles. The average molecular weight is 158 g/mol. The van der Waals surface area contributed by atoms with Crippen molar-refractivity contribution >= 4 is 6.47 Å². The summed E-state index contributed by atoms with van der Waals surface area (Å²) >= 11 is 0. The smallest absolute Gasteiger partial charge is 0.417 e. The number of carbonyl (C=O) groups excluding carboxylic acids is 1. The third-order valence-electron chi connectivity index (χ3n) is 1.34. The standard InChI is InChI=1S/C8H16NO2/c1-2-5-9-6-3-4-7-11-8-10/h9H,2-7H2,1H3. The van der Waals surface area contributed by atoms with Crippen LogP contribution in [0, 0.1) is 0 Å². The van der Waals surface area contributed by atoms with Crippen molar-refractivity contribution in [3.63, 3.8) is 0 Å². The van der Waals surface area contributed by atoms with Crippen molar-refractivity contribution in [2.45, 2.75) is 26.2 Å². The van der Waals surface area contributed by atoms with Crippen LogP contribution in [-0.2, 0) is 9.53 Å². The van der Waals surface area contributed by atoms with Crippen molar-refractivity contribution in [3.8, 4) is 0 Å². The molecule has 0 spiro atoms. The van der Waals surface area contributed by atoms with Crippen molar-refractivity contribution < 1.29 is 9.53 Å². The highest BCUT2D eigenvalue weighted by Gasteiger charge is 1.88. The Hall–Kier alpha value is -0.570. The van der Waals surface area contributed by atoms with Crippen LogP contribution in [-0.4, -0.2) is 26.2 Å². The van der Waals surface area contributed by atoms with E-state index in [1.807, 2.05) is 0 Å². The van der Waals surface area contributed by atoms with E-state index in [9.17, 15) is 4.79 Å². The zero-order chi connectivity index (χ0) is 8.36. The zero-order valence-electron chi connectivity index (χ0n) is 7.06. The molecular weight excluding hydrogens is 142 g/mol. The maximum Gasteiger partial charge on any atom is 0.417 e. The van der Waals surface area contributed by atoms with E-state index in [1.54, 1.807) is 0 Å². The summed E-state index contributed by atoms with van der Waals surface area (Å²) in [4.78, 5) is 9.58. The molecule has 0 atom stereocenters. The van der Waals surface area contributed by atoms with Crippen LogP contribution in [0.1, 0.15) is 26.2 Å². The van der Waals surface area contributed by atoms with Gasteiger partial charge in [-0.1, -0.05) is 6.92 Å². The highest BCUT2D eigenvalue weighted by molar-refractivity contribution is 5.37. The second kappa shape index (κ2) is 9.43. The van der Waals surface area contributed by atoms with Gasteiger partial charge in [-0.05, 0) is 32.4 Å². The first-order chi connectivity index (χ1) is 5.41. The number of rotatable bonds is 8. The number of nitrogens with one attached hydrogen (secondary N) is 1. The van der Waals surface area contributed by atoms with Gasteiger partial charge in [-0.25, -0.2) is 4.79 Å². The fourth-order valence-corrected chi connectivity index (χ4v) is 0.768. The van der Waals surface area contributed by atoms with E-state index in [1.165, 1.54) is 12.9 Å². The van der Waals surface area contributed by atoms with E-state index in [2.05, 4.69) is 17.0 Å². The molecule has 1 radical (unpaired) electrons. The first-order valence-corrected chi connectivity index (χ1v) is 4.11. The number of ether oxygens (including phenoxy) is 1. The van der Waals surface area contributed by atoms with Gasteiger partial charge in [0, 0.05) is 0 Å². The second-order valence-corrected chi connectivity index (χ2v) is 2.39. The quantitative estimate of drug-likeness (QED) is 0.532. The number of hydrogen-bond donors (Lipinski definition) is 1. The highest BCUT2D eigenvalue weighted by atomic mass is 16.5. The monoisotopic (exact) mass is 158 g/mol. The lowest BCUT2D eigenvalue weighted by atomic mass is 10.3. The van der Waals surface area contributed by atoms with Crippen LogP contribution < -0.4 is 5.32 Å². The van der Waals surface area contributed by atoms with Gasteiger partial charge in [-0.15, -0.1) is 0 Å². The van der Waals surface area contributed by atoms with Gasteiger partial charge in [0.05, 0.1) is 6.61 Å². The molecule has 0 heterocycles. The van der Waals surface area contributed by atoms with Gasteiger partial charge < -0.3 is 10.1 Å². The van der Waals surface area contributed by atoms with Crippen LogP contribution in [0.3, 0.4) is 0 Å². The van der Waals surface area contributed by atoms with E-state index >= 15 is 0 Å². The van der Waals surface area contributed by atoms with E-state index in [-0.39, 0.29) is 0 Å². The molecule has 0 unspecified atom stereocenters. The summed E-state index contributed by atoms with van der Waals surface area (Å²) in [6.45, 7) is 6.11. The van der Waals surface area contributed by atoms with E-state index in [4.69, 9.17) is 0 Å². The molecule has 0 rings (SSSR count). The lowest BCUT2D eigenvalue weighted by molar-refractivity contribution is 0.269. The topological polar surface area (TPSA) is 38.3 Å². The minimum absolute atomic E-state index is 0.497. The SMILES string of the molecule is CCCNCCCCO[C]=O. The third-order valence-corrected chi connectivity index (χ3v) is 1.34. The van der Waals surface area contributed by atoms with Crippen LogP contribution in [0.2, 0.25) is 0 Å². The van der Waals surface area contributed by atoms with Crippen molar-refractivity contribution in [1.82, 2.24) is 5.32 Å². The van der Waals surface area contributed by atoms with Gasteiger partial charge in [0.1, 0.15) is 0 Å². The van der Waals surface area contributed by atoms with Crippen LogP contribution in [0.5, 0.6) is 0 Å². The molecule has 0 amide bonds. The van der Waals surface area contributed by atoms with Gasteiger partial charge in [-0.2, -0.15) is 0 Å². The summed E-state index contributed by atoms with van der Waals surface area (Å²) in [6, 6.07) is 0. The lowest BCUT2D eigenvalue weighted by Crippen LogP contribution is -2.16. The Morgan fingerprint density at radius 3 is 2.82 bits per heavy atom. The molecule has 0 aliphatic carbocycles. The maximum absolute atomic E-state index is 9.58. The Morgan fingerprint density at radius 1 is 1.36 bits per heavy atom. The van der Waals surface area contributed by atoms with Gasteiger partial charge >= 0.3 is 6.47 Å². The Morgan fingerprint density at radius 2 is 2.18 bits per heavy atom. The van der Waals surface area contributed by atoms with Crippen LogP contribution in [0.25, 0.3) is 0 Å². The van der Waals surface area contributed by atoms with Crippen molar-refractivity contribution in [2.75, 3.05) is 19.7 Å². The van der Waals surface area contributed by atoms with Crippen LogP contribution >= 0.6 is 0 Å². The summed E-state index contributed by atoms with van der Waals surface area (Å²) in [6.07, 6.45) is 3.15. The van der Waals surface area contributed by atoms with Gasteiger partial charge in [0.25, 0.3) is 0 Å². The average Bonchev–Trinajstić information content (AvgIpc) is 2.03. The second-order valence-electron chi connectivity index (χ2n) is 2.39. The van der Waals surface area contributed by atoms with Crippen molar-refractivity contribution in [2.24, 2.45) is 0 Å². The minimum Gasteiger partial charge on any atom is -0.457 e. The van der Waals surface area contributed by atoms with Gasteiger partial charge in [0.15, 0.2) is 0 Å². The molecule has 1 N–H and O–H groups in total. The molecule has 0 aromatic heterocycles. The zero-order valence-corrected chi connectivity index (χ0v) is 7.06. The molecule has 0 aliphatic rings. The molecular formula is C8H16NO2. The van der Waals surface area contributed by atoms with E-state index in [0.717, 1.165) is 25.9 Å². The van der Waals surface area contributed by atoms with E-state index in [0.29, 0.717) is 6.61 Å². The molecule has 11 heavy (non-hydrogen) atoms. The predicted molar refractivity (Wildman–Crippen MR) is 44.0 cm³/mol. The first kappa shape index (κ1) is 10.4. The van der Waals surface area contributed by atoms with Gasteiger partial charge in [0.2, 0.25) is 0 Å². The van der Waals surface area contributed by atoms with Crippen LogP contribution in [0.15, 0.2) is 0 Å². The minimum atomic E-state index is 0.497. The lowest BCUT2D eigenvalue weighted by Gasteiger charge is -2.00. The highest BCUT2D eigenvalue weighted by Crippen LogP contribution is 1.86. The Bertz CT molecular complexity index is 86.2. The van der Waals surface area contributed by atoms with Crippen molar-refractivity contribution in [3.05, 3.63) is 0 Å². The Kier molecular flexibility index (Phi) is 8.94. The molecule has 3 nitrogen and oxygen atoms in total. The Balaban J connectivity index is 2.74. The summed E-state index contributed by atoms with van der Waals surface area (Å²) < 4.78 is 4.41. The molecule has 3 heteroatoms. The number of unbranched alkanes of at least 4 members (excludes halogenated alkanes) is 1. The molecule has 0 aromatic carbocycles. The normalized spacial score (nSPS) is 9.55. The first-order valence-electron chi connectivity index (χ1n) is 4.11. The Labute approximate surface area is 68.1 Å². The van der Waals surface area contributed by atoms with Crippen LogP contribution in [0.4, 0.5) is 0 Å². The number of hydrogen-bond acceptors (Lipinski definition) is 3. The molecule has 0 saturated heterocycles. The maximum atomic E-state index is 9.58. The fraction of sp³-hybridized carbons (Fsp3) is 0.875. The predicted octanol–water partition coefficient (Wildman–Crippen LogP) is 0.850. The molecule has 0 fully saturated rings. The van der Waals surface area contributed by atoms with Crippen molar-refractivity contribution in [1.29, 1.82) is 0 Å².